The molecule has 0 aliphatic carbocycles. The van der Waals surface area contributed by atoms with Crippen LogP contribution in [0.15, 0.2) is 29.2 Å². The Morgan fingerprint density at radius 1 is 1.21 bits per heavy atom. The standard InChI is InChI=1S/C13H20N2O3S/c1-10(2)14-13(16)9-11-5-7-12(8-6-11)19(17,18)15(3)4/h5-8,10H,9H2,1-4H3,(H,14,16). The van der Waals surface area contributed by atoms with Crippen LogP contribution < -0.4 is 5.32 Å². The summed E-state index contributed by atoms with van der Waals surface area (Å²) in [6.07, 6.45) is 0.250. The second kappa shape index (κ2) is 6.16. The summed E-state index contributed by atoms with van der Waals surface area (Å²) >= 11 is 0. The Morgan fingerprint density at radius 2 is 1.74 bits per heavy atom. The molecule has 19 heavy (non-hydrogen) atoms. The average Bonchev–Trinajstić information content (AvgIpc) is 2.28. The highest BCUT2D eigenvalue weighted by Gasteiger charge is 2.16. The molecule has 1 aromatic carbocycles. The molecule has 106 valence electrons. The van der Waals surface area contributed by atoms with Crippen LogP contribution in [-0.2, 0) is 21.2 Å². The number of carbonyl (C=O) groups excluding carboxylic acids is 1. The Labute approximate surface area is 114 Å². The van der Waals surface area contributed by atoms with E-state index >= 15 is 0 Å². The van der Waals surface area contributed by atoms with Crippen LogP contribution in [0, 0.1) is 0 Å². The molecule has 0 atom stereocenters. The molecule has 1 N–H and O–H groups in total. The van der Waals surface area contributed by atoms with Crippen molar-refractivity contribution in [3.05, 3.63) is 29.8 Å². The minimum Gasteiger partial charge on any atom is -0.354 e. The van der Waals surface area contributed by atoms with Gasteiger partial charge in [-0.1, -0.05) is 12.1 Å². The van der Waals surface area contributed by atoms with Gasteiger partial charge in [0.15, 0.2) is 0 Å². The van der Waals surface area contributed by atoms with Gasteiger partial charge in [0.25, 0.3) is 0 Å². The van der Waals surface area contributed by atoms with Crippen molar-refractivity contribution in [2.45, 2.75) is 31.2 Å². The lowest BCUT2D eigenvalue weighted by Gasteiger charge is -2.12. The highest BCUT2D eigenvalue weighted by molar-refractivity contribution is 7.89. The first-order chi connectivity index (χ1) is 8.73. The molecule has 0 saturated carbocycles. The zero-order chi connectivity index (χ0) is 14.6. The third-order valence-corrected chi connectivity index (χ3v) is 4.35. The molecule has 0 radical (unpaired) electrons. The second-order valence-electron chi connectivity index (χ2n) is 4.83. The molecule has 0 spiro atoms. The third-order valence-electron chi connectivity index (χ3n) is 2.52. The number of benzene rings is 1. The molecule has 0 fully saturated rings. The summed E-state index contributed by atoms with van der Waals surface area (Å²) in [5.74, 6) is -0.0711. The van der Waals surface area contributed by atoms with Crippen molar-refractivity contribution < 1.29 is 13.2 Å². The fourth-order valence-electron chi connectivity index (χ4n) is 1.55. The third kappa shape index (κ3) is 4.33. The summed E-state index contributed by atoms with van der Waals surface area (Å²) in [7, 11) is -0.437. The van der Waals surface area contributed by atoms with Crippen LogP contribution in [0.25, 0.3) is 0 Å². The lowest BCUT2D eigenvalue weighted by molar-refractivity contribution is -0.120. The molecule has 1 amide bonds. The maximum absolute atomic E-state index is 11.9. The summed E-state index contributed by atoms with van der Waals surface area (Å²) in [4.78, 5) is 11.8. The topological polar surface area (TPSA) is 66.5 Å². The van der Waals surface area contributed by atoms with Gasteiger partial charge in [0.2, 0.25) is 15.9 Å². The molecule has 0 heterocycles. The van der Waals surface area contributed by atoms with Gasteiger partial charge in [0.1, 0.15) is 0 Å². The van der Waals surface area contributed by atoms with E-state index in [1.807, 2.05) is 13.8 Å². The van der Waals surface area contributed by atoms with E-state index in [4.69, 9.17) is 0 Å². The van der Waals surface area contributed by atoms with Crippen molar-refractivity contribution in [2.75, 3.05) is 14.1 Å². The molecule has 0 aliphatic rings. The van der Waals surface area contributed by atoms with Crippen LogP contribution in [-0.4, -0.2) is 38.8 Å². The van der Waals surface area contributed by atoms with Crippen molar-refractivity contribution in [3.8, 4) is 0 Å². The van der Waals surface area contributed by atoms with Gasteiger partial charge in [0.05, 0.1) is 11.3 Å². The van der Waals surface area contributed by atoms with Gasteiger partial charge in [-0.15, -0.1) is 0 Å². The maximum Gasteiger partial charge on any atom is 0.242 e. The van der Waals surface area contributed by atoms with E-state index in [0.717, 1.165) is 9.87 Å². The summed E-state index contributed by atoms with van der Waals surface area (Å²) in [5.41, 5.74) is 0.788. The van der Waals surface area contributed by atoms with Crippen molar-refractivity contribution >= 4 is 15.9 Å². The summed E-state index contributed by atoms with van der Waals surface area (Å²) in [6.45, 7) is 3.79. The number of nitrogens with one attached hydrogen (secondary N) is 1. The van der Waals surface area contributed by atoms with Gasteiger partial charge >= 0.3 is 0 Å². The number of nitrogens with zero attached hydrogens (tertiary/aromatic N) is 1. The molecule has 1 aromatic rings. The molecule has 0 aromatic heterocycles. The normalized spacial score (nSPS) is 11.9. The Balaban J connectivity index is 2.81. The quantitative estimate of drug-likeness (QED) is 0.877. The van der Waals surface area contributed by atoms with E-state index < -0.39 is 10.0 Å². The number of hydrogen-bond donors (Lipinski definition) is 1. The molecule has 0 unspecified atom stereocenters. The van der Waals surface area contributed by atoms with Crippen LogP contribution in [0.4, 0.5) is 0 Å². The van der Waals surface area contributed by atoms with E-state index in [-0.39, 0.29) is 23.3 Å². The Hall–Kier alpha value is -1.40. The van der Waals surface area contributed by atoms with Gasteiger partial charge in [-0.2, -0.15) is 0 Å². The molecule has 0 bridgehead atoms. The van der Waals surface area contributed by atoms with E-state index in [0.29, 0.717) is 0 Å². The molecular formula is C13H20N2O3S. The van der Waals surface area contributed by atoms with E-state index in [2.05, 4.69) is 5.32 Å². The average molecular weight is 284 g/mol. The van der Waals surface area contributed by atoms with E-state index in [9.17, 15) is 13.2 Å². The predicted octanol–water partition coefficient (Wildman–Crippen LogP) is 1.00. The number of carbonyl (C=O) groups is 1. The van der Waals surface area contributed by atoms with E-state index in [1.165, 1.54) is 26.2 Å². The molecule has 1 rings (SSSR count). The molecular weight excluding hydrogens is 264 g/mol. The van der Waals surface area contributed by atoms with Crippen LogP contribution in [0.3, 0.4) is 0 Å². The van der Waals surface area contributed by atoms with Gasteiger partial charge < -0.3 is 5.32 Å². The zero-order valence-electron chi connectivity index (χ0n) is 11.7. The Morgan fingerprint density at radius 3 is 2.16 bits per heavy atom. The van der Waals surface area contributed by atoms with Crippen molar-refractivity contribution in [1.82, 2.24) is 9.62 Å². The first-order valence-electron chi connectivity index (χ1n) is 6.04. The Bertz CT molecular complexity index is 534. The van der Waals surface area contributed by atoms with Crippen molar-refractivity contribution in [2.24, 2.45) is 0 Å². The fraction of sp³-hybridized carbons (Fsp3) is 0.462. The van der Waals surface area contributed by atoms with E-state index in [1.54, 1.807) is 12.1 Å². The SMILES string of the molecule is CC(C)NC(=O)Cc1ccc(S(=O)(=O)N(C)C)cc1. The first-order valence-corrected chi connectivity index (χ1v) is 7.48. The van der Waals surface area contributed by atoms with Crippen LogP contribution in [0.5, 0.6) is 0 Å². The minimum atomic E-state index is -3.41. The Kier molecular flexibility index (Phi) is 5.08. The fourth-order valence-corrected chi connectivity index (χ4v) is 2.45. The highest BCUT2D eigenvalue weighted by atomic mass is 32.2. The largest absolute Gasteiger partial charge is 0.354 e. The summed E-state index contributed by atoms with van der Waals surface area (Å²) in [5, 5.41) is 2.79. The second-order valence-corrected chi connectivity index (χ2v) is 6.98. The number of sulfonamides is 1. The van der Waals surface area contributed by atoms with Crippen LogP contribution >= 0.6 is 0 Å². The number of rotatable bonds is 5. The molecule has 0 aliphatic heterocycles. The van der Waals surface area contributed by atoms with Gasteiger partial charge in [-0.25, -0.2) is 12.7 Å². The van der Waals surface area contributed by atoms with Crippen molar-refractivity contribution in [1.29, 1.82) is 0 Å². The molecule has 6 heteroatoms. The maximum atomic E-state index is 11.9. The molecule has 0 saturated heterocycles. The highest BCUT2D eigenvalue weighted by Crippen LogP contribution is 2.14. The predicted molar refractivity (Wildman–Crippen MR) is 74.3 cm³/mol. The monoisotopic (exact) mass is 284 g/mol. The minimum absolute atomic E-state index is 0.0711. The lowest BCUT2D eigenvalue weighted by Crippen LogP contribution is -2.31. The number of hydrogen-bond acceptors (Lipinski definition) is 3. The number of amides is 1. The zero-order valence-corrected chi connectivity index (χ0v) is 12.5. The van der Waals surface area contributed by atoms with Gasteiger partial charge in [-0.3, -0.25) is 4.79 Å². The van der Waals surface area contributed by atoms with Crippen LogP contribution in [0.1, 0.15) is 19.4 Å². The lowest BCUT2D eigenvalue weighted by atomic mass is 10.1. The van der Waals surface area contributed by atoms with Gasteiger partial charge in [-0.05, 0) is 31.5 Å². The summed E-state index contributed by atoms with van der Waals surface area (Å²) in [6, 6.07) is 6.47. The first kappa shape index (κ1) is 15.7. The summed E-state index contributed by atoms with van der Waals surface area (Å²) < 4.78 is 24.9. The van der Waals surface area contributed by atoms with Crippen molar-refractivity contribution in [3.63, 3.8) is 0 Å². The molecule has 5 nitrogen and oxygen atoms in total. The van der Waals surface area contributed by atoms with Crippen LogP contribution in [0.2, 0.25) is 0 Å². The van der Waals surface area contributed by atoms with Gasteiger partial charge in [0, 0.05) is 20.1 Å². The smallest absolute Gasteiger partial charge is 0.242 e.